The molecule has 2 heterocycles. The Morgan fingerprint density at radius 2 is 1.95 bits per heavy atom. The molecular formula is C19H17NO2. The number of fused-ring (bicyclic) bond motifs is 2. The van der Waals surface area contributed by atoms with Crippen LogP contribution in [-0.2, 0) is 9.53 Å². The lowest BCUT2D eigenvalue weighted by Crippen LogP contribution is -2.31. The topological polar surface area (TPSA) is 32.8 Å². The van der Waals surface area contributed by atoms with Crippen molar-refractivity contribution in [2.45, 2.75) is 37.5 Å². The van der Waals surface area contributed by atoms with E-state index in [1.165, 1.54) is 16.7 Å². The highest BCUT2D eigenvalue weighted by Gasteiger charge is 2.54. The summed E-state index contributed by atoms with van der Waals surface area (Å²) in [6.45, 7) is 1.67. The van der Waals surface area contributed by atoms with Crippen LogP contribution in [0, 0.1) is 0 Å². The number of hydrogen-bond acceptors (Lipinski definition) is 2. The third-order valence-corrected chi connectivity index (χ3v) is 5.26. The van der Waals surface area contributed by atoms with Crippen LogP contribution < -0.4 is 4.90 Å². The van der Waals surface area contributed by atoms with E-state index in [2.05, 4.69) is 42.5 Å². The monoisotopic (exact) mass is 291 g/mol. The molecular weight excluding hydrogens is 274 g/mol. The van der Waals surface area contributed by atoms with E-state index in [1.54, 1.807) is 6.92 Å². The van der Waals surface area contributed by atoms with Gasteiger partial charge in [0, 0.05) is 18.5 Å². The molecule has 22 heavy (non-hydrogen) atoms. The Morgan fingerprint density at radius 3 is 2.73 bits per heavy atom. The fraction of sp³-hybridized carbons (Fsp3) is 0.316. The van der Waals surface area contributed by atoms with Crippen LogP contribution in [-0.4, -0.2) is 12.0 Å². The molecule has 3 nitrogen and oxygen atoms in total. The predicted molar refractivity (Wildman–Crippen MR) is 83.8 cm³/mol. The van der Waals surface area contributed by atoms with Crippen LogP contribution in [0.1, 0.15) is 48.1 Å². The Bertz CT molecular complexity index is 770. The molecule has 3 aliphatic rings. The molecule has 0 spiro atoms. The van der Waals surface area contributed by atoms with E-state index in [-0.39, 0.29) is 18.1 Å². The zero-order valence-corrected chi connectivity index (χ0v) is 12.4. The van der Waals surface area contributed by atoms with Gasteiger partial charge in [-0.05, 0) is 29.2 Å². The Hall–Kier alpha value is -2.13. The average molecular weight is 291 g/mol. The maximum atomic E-state index is 12.4. The van der Waals surface area contributed by atoms with Crippen molar-refractivity contribution in [2.24, 2.45) is 0 Å². The van der Waals surface area contributed by atoms with Gasteiger partial charge >= 0.3 is 0 Å². The molecule has 0 saturated carbocycles. The first kappa shape index (κ1) is 12.4. The summed E-state index contributed by atoms with van der Waals surface area (Å²) in [5.41, 5.74) is 4.93. The number of carbonyl (C=O) groups excluding carboxylic acids is 1. The van der Waals surface area contributed by atoms with Gasteiger partial charge in [-0.15, -0.1) is 0 Å². The van der Waals surface area contributed by atoms with E-state index in [9.17, 15) is 4.79 Å². The normalized spacial score (nSPS) is 30.7. The van der Waals surface area contributed by atoms with Crippen molar-refractivity contribution in [3.63, 3.8) is 0 Å². The van der Waals surface area contributed by atoms with Crippen molar-refractivity contribution in [1.29, 1.82) is 0 Å². The standard InChI is InChI=1S/C19H17NO2/c1-11(21)20-15-9-5-8-13-17(15)14(10-16-19(13)22-16)18(20)12-6-3-2-4-7-12/h2-9,14,16,18-19H,10H2,1H3. The summed E-state index contributed by atoms with van der Waals surface area (Å²) in [7, 11) is 0. The third-order valence-electron chi connectivity index (χ3n) is 5.26. The lowest BCUT2D eigenvalue weighted by molar-refractivity contribution is -0.117. The maximum absolute atomic E-state index is 12.4. The number of hydrogen-bond donors (Lipinski definition) is 0. The van der Waals surface area contributed by atoms with E-state index in [0.717, 1.165) is 12.1 Å². The Morgan fingerprint density at radius 1 is 1.14 bits per heavy atom. The lowest BCUT2D eigenvalue weighted by atomic mass is 9.79. The quantitative estimate of drug-likeness (QED) is 0.750. The molecule has 5 rings (SSSR count). The first-order valence-corrected chi connectivity index (χ1v) is 7.88. The summed E-state index contributed by atoms with van der Waals surface area (Å²) < 4.78 is 5.84. The number of amides is 1. The van der Waals surface area contributed by atoms with Gasteiger partial charge in [-0.3, -0.25) is 4.79 Å². The molecule has 4 atom stereocenters. The van der Waals surface area contributed by atoms with Gasteiger partial charge in [-0.25, -0.2) is 0 Å². The molecule has 0 N–H and O–H groups in total. The number of ether oxygens (including phenoxy) is 1. The van der Waals surface area contributed by atoms with E-state index in [1.807, 2.05) is 11.0 Å². The molecule has 110 valence electrons. The Balaban J connectivity index is 1.73. The molecule has 4 unspecified atom stereocenters. The minimum atomic E-state index is 0.0972. The number of epoxide rings is 1. The minimum Gasteiger partial charge on any atom is -0.364 e. The molecule has 0 aromatic heterocycles. The molecule has 2 aliphatic heterocycles. The van der Waals surface area contributed by atoms with Crippen molar-refractivity contribution in [1.82, 2.24) is 0 Å². The van der Waals surface area contributed by atoms with Crippen molar-refractivity contribution >= 4 is 11.6 Å². The first-order chi connectivity index (χ1) is 10.8. The molecule has 1 aliphatic carbocycles. The van der Waals surface area contributed by atoms with E-state index < -0.39 is 0 Å². The van der Waals surface area contributed by atoms with Gasteiger partial charge in [0.25, 0.3) is 0 Å². The van der Waals surface area contributed by atoms with Crippen molar-refractivity contribution in [3.8, 4) is 0 Å². The molecule has 0 radical (unpaired) electrons. The van der Waals surface area contributed by atoms with Crippen molar-refractivity contribution < 1.29 is 9.53 Å². The molecule has 0 bridgehead atoms. The second-order valence-corrected chi connectivity index (χ2v) is 6.46. The van der Waals surface area contributed by atoms with Gasteiger partial charge < -0.3 is 9.64 Å². The summed E-state index contributed by atoms with van der Waals surface area (Å²) in [6.07, 6.45) is 1.61. The van der Waals surface area contributed by atoms with E-state index >= 15 is 0 Å². The summed E-state index contributed by atoms with van der Waals surface area (Å²) >= 11 is 0. The highest BCUT2D eigenvalue weighted by Crippen LogP contribution is 2.61. The van der Waals surface area contributed by atoms with E-state index in [4.69, 9.17) is 4.74 Å². The van der Waals surface area contributed by atoms with Gasteiger partial charge in [0.2, 0.25) is 5.91 Å². The predicted octanol–water partition coefficient (Wildman–Crippen LogP) is 3.72. The van der Waals surface area contributed by atoms with Crippen molar-refractivity contribution in [3.05, 3.63) is 65.2 Å². The van der Waals surface area contributed by atoms with Gasteiger partial charge in [-0.1, -0.05) is 42.5 Å². The highest BCUT2D eigenvalue weighted by molar-refractivity contribution is 5.96. The lowest BCUT2D eigenvalue weighted by Gasteiger charge is -2.29. The zero-order chi connectivity index (χ0) is 14.8. The van der Waals surface area contributed by atoms with Gasteiger partial charge in [0.1, 0.15) is 6.10 Å². The second kappa shape index (κ2) is 4.20. The zero-order valence-electron chi connectivity index (χ0n) is 12.4. The number of benzene rings is 2. The number of anilines is 1. The molecule has 1 fully saturated rings. The summed E-state index contributed by atoms with van der Waals surface area (Å²) in [5.74, 6) is 0.465. The van der Waals surface area contributed by atoms with Gasteiger partial charge in [0.15, 0.2) is 0 Å². The molecule has 1 saturated heterocycles. The van der Waals surface area contributed by atoms with Crippen LogP contribution in [0.25, 0.3) is 0 Å². The summed E-state index contributed by atoms with van der Waals surface area (Å²) in [6, 6.07) is 16.8. The average Bonchev–Trinajstić information content (AvgIpc) is 3.24. The molecule has 1 amide bonds. The smallest absolute Gasteiger partial charge is 0.224 e. The fourth-order valence-electron chi connectivity index (χ4n) is 4.41. The number of carbonyl (C=O) groups is 1. The fourth-order valence-corrected chi connectivity index (χ4v) is 4.41. The van der Waals surface area contributed by atoms with Gasteiger partial charge in [0.05, 0.1) is 12.1 Å². The van der Waals surface area contributed by atoms with Crippen LogP contribution in [0.15, 0.2) is 48.5 Å². The first-order valence-electron chi connectivity index (χ1n) is 7.88. The molecule has 3 heteroatoms. The third kappa shape index (κ3) is 1.52. The van der Waals surface area contributed by atoms with Crippen LogP contribution in [0.3, 0.4) is 0 Å². The largest absolute Gasteiger partial charge is 0.364 e. The van der Waals surface area contributed by atoms with Crippen LogP contribution in [0.5, 0.6) is 0 Å². The van der Waals surface area contributed by atoms with Gasteiger partial charge in [-0.2, -0.15) is 0 Å². The van der Waals surface area contributed by atoms with Crippen LogP contribution >= 0.6 is 0 Å². The second-order valence-electron chi connectivity index (χ2n) is 6.46. The number of rotatable bonds is 1. The Labute approximate surface area is 129 Å². The molecule has 2 aromatic carbocycles. The minimum absolute atomic E-state index is 0.0972. The summed E-state index contributed by atoms with van der Waals surface area (Å²) in [5, 5.41) is 0. The number of nitrogens with zero attached hydrogens (tertiary/aromatic N) is 1. The molecule has 2 aromatic rings. The maximum Gasteiger partial charge on any atom is 0.224 e. The summed E-state index contributed by atoms with van der Waals surface area (Å²) in [4.78, 5) is 14.4. The van der Waals surface area contributed by atoms with Crippen LogP contribution in [0.2, 0.25) is 0 Å². The highest BCUT2D eigenvalue weighted by atomic mass is 16.6. The Kier molecular flexibility index (Phi) is 2.37. The van der Waals surface area contributed by atoms with Crippen LogP contribution in [0.4, 0.5) is 5.69 Å². The SMILES string of the molecule is CC(=O)N1c2cccc3c2C(CC2OC32)C1c1ccccc1. The van der Waals surface area contributed by atoms with E-state index in [0.29, 0.717) is 12.0 Å². The van der Waals surface area contributed by atoms with Crippen molar-refractivity contribution in [2.75, 3.05) is 4.90 Å².